The Morgan fingerprint density at radius 2 is 2.25 bits per heavy atom. The van der Waals surface area contributed by atoms with Crippen LogP contribution in [0.2, 0.25) is 0 Å². The topological polar surface area (TPSA) is 79.6 Å². The largest absolute Gasteiger partial charge is 0.398 e. The first kappa shape index (κ1) is 10.5. The van der Waals surface area contributed by atoms with Crippen LogP contribution in [0.3, 0.4) is 0 Å². The van der Waals surface area contributed by atoms with Gasteiger partial charge in [-0.2, -0.15) is 5.10 Å². The molecular formula is C11H15N5. The van der Waals surface area contributed by atoms with E-state index in [0.29, 0.717) is 0 Å². The predicted molar refractivity (Wildman–Crippen MR) is 64.0 cm³/mol. The van der Waals surface area contributed by atoms with Crippen molar-refractivity contribution >= 4 is 11.4 Å². The third kappa shape index (κ3) is 1.98. The van der Waals surface area contributed by atoms with Crippen LogP contribution in [-0.2, 0) is 0 Å². The summed E-state index contributed by atoms with van der Waals surface area (Å²) in [6.07, 6.45) is 1.50. The van der Waals surface area contributed by atoms with Crippen molar-refractivity contribution in [3.8, 4) is 0 Å². The summed E-state index contributed by atoms with van der Waals surface area (Å²) >= 11 is 0. The van der Waals surface area contributed by atoms with Crippen LogP contribution < -0.4 is 11.1 Å². The number of anilines is 2. The molecule has 1 aromatic heterocycles. The maximum Gasteiger partial charge on any atom is 0.146 e. The van der Waals surface area contributed by atoms with Gasteiger partial charge in [-0.15, -0.1) is 0 Å². The van der Waals surface area contributed by atoms with Crippen LogP contribution in [0.5, 0.6) is 0 Å². The third-order valence-corrected chi connectivity index (χ3v) is 2.59. The predicted octanol–water partition coefficient (Wildman–Crippen LogP) is 1.87. The fourth-order valence-electron chi connectivity index (χ4n) is 1.54. The molecule has 1 heterocycles. The second-order valence-electron chi connectivity index (χ2n) is 3.76. The molecule has 1 unspecified atom stereocenters. The lowest BCUT2D eigenvalue weighted by molar-refractivity contribution is 0.795. The molecule has 0 saturated carbocycles. The van der Waals surface area contributed by atoms with E-state index in [1.807, 2.05) is 32.0 Å². The lowest BCUT2D eigenvalue weighted by Crippen LogP contribution is -2.10. The first-order valence-corrected chi connectivity index (χ1v) is 5.15. The van der Waals surface area contributed by atoms with Gasteiger partial charge in [0.15, 0.2) is 0 Å². The second kappa shape index (κ2) is 4.22. The van der Waals surface area contributed by atoms with Crippen LogP contribution in [0, 0.1) is 6.92 Å². The summed E-state index contributed by atoms with van der Waals surface area (Å²) in [7, 11) is 0. The van der Waals surface area contributed by atoms with Crippen LogP contribution >= 0.6 is 0 Å². The van der Waals surface area contributed by atoms with Crippen LogP contribution in [0.4, 0.5) is 11.4 Å². The molecule has 0 aliphatic carbocycles. The third-order valence-electron chi connectivity index (χ3n) is 2.59. The highest BCUT2D eigenvalue weighted by atomic mass is 15.2. The molecule has 0 aliphatic heterocycles. The molecule has 5 nitrogen and oxygen atoms in total. The zero-order chi connectivity index (χ0) is 11.5. The van der Waals surface area contributed by atoms with E-state index < -0.39 is 0 Å². The summed E-state index contributed by atoms with van der Waals surface area (Å²) in [6.45, 7) is 4.01. The van der Waals surface area contributed by atoms with Gasteiger partial charge >= 0.3 is 0 Å². The van der Waals surface area contributed by atoms with Gasteiger partial charge < -0.3 is 11.1 Å². The highest BCUT2D eigenvalue weighted by molar-refractivity contribution is 5.63. The Hall–Kier alpha value is -2.04. The van der Waals surface area contributed by atoms with Gasteiger partial charge in [-0.05, 0) is 31.5 Å². The molecule has 5 heteroatoms. The summed E-state index contributed by atoms with van der Waals surface area (Å²) in [5.41, 5.74) is 8.69. The maximum absolute atomic E-state index is 5.84. The van der Waals surface area contributed by atoms with Gasteiger partial charge in [0.25, 0.3) is 0 Å². The lowest BCUT2D eigenvalue weighted by Gasteiger charge is -2.15. The molecule has 0 radical (unpaired) electrons. The number of nitrogens with two attached hydrogens (primary N) is 1. The van der Waals surface area contributed by atoms with Crippen molar-refractivity contribution in [3.63, 3.8) is 0 Å². The Labute approximate surface area is 94.1 Å². The molecule has 0 bridgehead atoms. The molecule has 0 spiro atoms. The number of hydrogen-bond acceptors (Lipinski definition) is 4. The van der Waals surface area contributed by atoms with Gasteiger partial charge in [0, 0.05) is 11.4 Å². The van der Waals surface area contributed by atoms with Crippen molar-refractivity contribution < 1.29 is 0 Å². The number of H-pyrrole nitrogens is 1. The summed E-state index contributed by atoms with van der Waals surface area (Å²) in [5, 5.41) is 10.0. The maximum atomic E-state index is 5.84. The Balaban J connectivity index is 2.18. The lowest BCUT2D eigenvalue weighted by atomic mass is 10.1. The summed E-state index contributed by atoms with van der Waals surface area (Å²) in [5.74, 6) is 0.807. The Bertz CT molecular complexity index is 463. The van der Waals surface area contributed by atoms with E-state index in [4.69, 9.17) is 5.73 Å². The minimum atomic E-state index is 0.0722. The minimum absolute atomic E-state index is 0.0722. The molecule has 1 atom stereocenters. The molecule has 1 aromatic carbocycles. The highest BCUT2D eigenvalue weighted by Crippen LogP contribution is 2.23. The van der Waals surface area contributed by atoms with Gasteiger partial charge in [-0.1, -0.05) is 6.07 Å². The number of aromatic nitrogens is 3. The monoisotopic (exact) mass is 217 g/mol. The number of hydrogen-bond donors (Lipinski definition) is 3. The van der Waals surface area contributed by atoms with E-state index in [1.54, 1.807) is 0 Å². The van der Waals surface area contributed by atoms with Gasteiger partial charge in [-0.25, -0.2) is 4.98 Å². The second-order valence-corrected chi connectivity index (χ2v) is 3.76. The van der Waals surface area contributed by atoms with Crippen LogP contribution in [0.25, 0.3) is 0 Å². The first-order valence-electron chi connectivity index (χ1n) is 5.15. The number of aromatic amines is 1. The van der Waals surface area contributed by atoms with Crippen LogP contribution in [0.15, 0.2) is 24.5 Å². The molecule has 0 amide bonds. The van der Waals surface area contributed by atoms with Crippen LogP contribution in [0.1, 0.15) is 24.4 Å². The number of nitrogens with one attached hydrogen (secondary N) is 2. The first-order chi connectivity index (χ1) is 7.68. The van der Waals surface area contributed by atoms with Crippen molar-refractivity contribution in [2.24, 2.45) is 0 Å². The molecule has 84 valence electrons. The average Bonchev–Trinajstić information content (AvgIpc) is 2.78. The summed E-state index contributed by atoms with van der Waals surface area (Å²) in [6, 6.07) is 5.89. The van der Waals surface area contributed by atoms with Crippen molar-refractivity contribution in [1.29, 1.82) is 0 Å². The number of rotatable bonds is 3. The van der Waals surface area contributed by atoms with Crippen molar-refractivity contribution in [2.75, 3.05) is 11.1 Å². The van der Waals surface area contributed by atoms with E-state index in [1.165, 1.54) is 6.33 Å². The van der Waals surface area contributed by atoms with E-state index in [2.05, 4.69) is 20.5 Å². The fraction of sp³-hybridized carbons (Fsp3) is 0.273. The summed E-state index contributed by atoms with van der Waals surface area (Å²) in [4.78, 5) is 4.10. The van der Waals surface area contributed by atoms with Gasteiger partial charge in [0.05, 0.1) is 6.04 Å². The van der Waals surface area contributed by atoms with E-state index in [9.17, 15) is 0 Å². The Morgan fingerprint density at radius 1 is 1.44 bits per heavy atom. The van der Waals surface area contributed by atoms with E-state index in [0.717, 1.165) is 22.8 Å². The smallest absolute Gasteiger partial charge is 0.146 e. The standard InChI is InChI=1S/C11H15N5/c1-7-9(12)4-3-5-10(7)15-8(2)11-13-6-14-16-11/h3-6,8,15H,12H2,1-2H3,(H,13,14,16). The molecular weight excluding hydrogens is 202 g/mol. The van der Waals surface area contributed by atoms with Crippen molar-refractivity contribution in [1.82, 2.24) is 15.2 Å². The molecule has 0 aliphatic rings. The quantitative estimate of drug-likeness (QED) is 0.686. The minimum Gasteiger partial charge on any atom is -0.398 e. The SMILES string of the molecule is Cc1c(N)cccc1NC(C)c1ncn[nH]1. The average molecular weight is 217 g/mol. The Kier molecular flexibility index (Phi) is 2.76. The highest BCUT2D eigenvalue weighted by Gasteiger charge is 2.09. The molecule has 0 saturated heterocycles. The van der Waals surface area contributed by atoms with Crippen molar-refractivity contribution in [3.05, 3.63) is 35.9 Å². The van der Waals surface area contributed by atoms with E-state index in [-0.39, 0.29) is 6.04 Å². The number of benzene rings is 1. The normalized spacial score (nSPS) is 12.4. The fourth-order valence-corrected chi connectivity index (χ4v) is 1.54. The number of nitrogens with zero attached hydrogens (tertiary/aromatic N) is 2. The van der Waals surface area contributed by atoms with Gasteiger partial charge in [0.1, 0.15) is 12.2 Å². The van der Waals surface area contributed by atoms with Gasteiger partial charge in [-0.3, -0.25) is 5.10 Å². The molecule has 2 rings (SSSR count). The molecule has 2 aromatic rings. The zero-order valence-electron chi connectivity index (χ0n) is 9.36. The molecule has 0 fully saturated rings. The van der Waals surface area contributed by atoms with Crippen molar-refractivity contribution in [2.45, 2.75) is 19.9 Å². The number of nitrogen functional groups attached to an aromatic ring is 1. The summed E-state index contributed by atoms with van der Waals surface area (Å²) < 4.78 is 0. The zero-order valence-corrected chi connectivity index (χ0v) is 9.36. The van der Waals surface area contributed by atoms with Gasteiger partial charge in [0.2, 0.25) is 0 Å². The Morgan fingerprint density at radius 3 is 2.94 bits per heavy atom. The molecule has 16 heavy (non-hydrogen) atoms. The van der Waals surface area contributed by atoms with E-state index >= 15 is 0 Å². The van der Waals surface area contributed by atoms with Crippen LogP contribution in [-0.4, -0.2) is 15.2 Å². The molecule has 4 N–H and O–H groups in total.